The summed E-state index contributed by atoms with van der Waals surface area (Å²) in [7, 11) is 0. The van der Waals surface area contributed by atoms with Crippen LogP contribution in [0.3, 0.4) is 0 Å². The Labute approximate surface area is 199 Å². The number of aromatic amines is 1. The van der Waals surface area contributed by atoms with Gasteiger partial charge in [0.15, 0.2) is 12.3 Å². The molecule has 0 aliphatic heterocycles. The normalized spacial score (nSPS) is 13.0. The zero-order valence-electron chi connectivity index (χ0n) is 19.6. The zero-order valence-corrected chi connectivity index (χ0v) is 19.6. The first kappa shape index (κ1) is 25.4. The number of aromatic nitrogens is 5. The summed E-state index contributed by atoms with van der Waals surface area (Å²) >= 11 is 0. The summed E-state index contributed by atoms with van der Waals surface area (Å²) in [4.78, 5) is 4.24. The van der Waals surface area contributed by atoms with Gasteiger partial charge >= 0.3 is 6.18 Å². The molecule has 35 heavy (non-hydrogen) atoms. The number of nitrogens with zero attached hydrogens (tertiary/aromatic N) is 5. The van der Waals surface area contributed by atoms with Gasteiger partial charge in [-0.25, -0.2) is 5.10 Å². The number of benzene rings is 1. The maximum Gasteiger partial charge on any atom is 0.416 e. The molecule has 0 aliphatic carbocycles. The van der Waals surface area contributed by atoms with E-state index in [-0.39, 0.29) is 40.6 Å². The van der Waals surface area contributed by atoms with Crippen LogP contribution in [0.4, 0.5) is 13.2 Å². The number of hydrogen-bond donors (Lipinski definition) is 1. The van der Waals surface area contributed by atoms with Crippen molar-refractivity contribution >= 4 is 5.57 Å². The monoisotopic (exact) mass is 484 g/mol. The smallest absolute Gasteiger partial charge is 0.416 e. The van der Waals surface area contributed by atoms with Gasteiger partial charge in [-0.05, 0) is 35.6 Å². The van der Waals surface area contributed by atoms with Crippen LogP contribution in [0.2, 0.25) is 0 Å². The van der Waals surface area contributed by atoms with Gasteiger partial charge in [0.25, 0.3) is 5.89 Å². The molecular formula is C24H23F3N6O2. The lowest BCUT2D eigenvalue weighted by atomic mass is 9.87. The molecule has 1 aromatic carbocycles. The molecule has 11 heteroatoms. The number of allylic oxidation sites excluding steroid dienone is 5. The minimum Gasteiger partial charge on any atom is -0.488 e. The molecule has 3 aromatic rings. The maximum atomic E-state index is 13.6. The van der Waals surface area contributed by atoms with Crippen molar-refractivity contribution in [1.29, 1.82) is 5.26 Å². The molecule has 0 saturated heterocycles. The van der Waals surface area contributed by atoms with Gasteiger partial charge in [0.2, 0.25) is 5.82 Å². The molecule has 0 atom stereocenters. The summed E-state index contributed by atoms with van der Waals surface area (Å²) in [6.45, 7) is 11.0. The third-order valence-electron chi connectivity index (χ3n) is 4.88. The topological polar surface area (TPSA) is 114 Å². The van der Waals surface area contributed by atoms with E-state index < -0.39 is 11.7 Å². The van der Waals surface area contributed by atoms with Gasteiger partial charge in [0, 0.05) is 5.56 Å². The van der Waals surface area contributed by atoms with Crippen molar-refractivity contribution in [2.75, 3.05) is 0 Å². The quantitative estimate of drug-likeness (QED) is 0.341. The summed E-state index contributed by atoms with van der Waals surface area (Å²) in [5, 5.41) is 22.2. The predicted molar refractivity (Wildman–Crippen MR) is 121 cm³/mol. The van der Waals surface area contributed by atoms with Crippen molar-refractivity contribution in [2.45, 2.75) is 45.9 Å². The van der Waals surface area contributed by atoms with Crippen LogP contribution < -0.4 is 0 Å². The first-order valence-electron chi connectivity index (χ1n) is 10.4. The van der Waals surface area contributed by atoms with Crippen LogP contribution >= 0.6 is 0 Å². The van der Waals surface area contributed by atoms with Crippen molar-refractivity contribution < 1.29 is 22.4 Å². The number of ether oxygens (including phenoxy) is 1. The van der Waals surface area contributed by atoms with E-state index in [1.807, 2.05) is 24.3 Å². The second-order valence-electron chi connectivity index (χ2n) is 8.65. The Balaban J connectivity index is 1.72. The van der Waals surface area contributed by atoms with E-state index in [4.69, 9.17) is 14.5 Å². The second-order valence-corrected chi connectivity index (χ2v) is 8.65. The first-order chi connectivity index (χ1) is 16.4. The highest BCUT2D eigenvalue weighted by Crippen LogP contribution is 2.31. The largest absolute Gasteiger partial charge is 0.488 e. The zero-order chi connectivity index (χ0) is 25.8. The van der Waals surface area contributed by atoms with Gasteiger partial charge in [-0.1, -0.05) is 62.0 Å². The lowest BCUT2D eigenvalue weighted by molar-refractivity contribution is -0.0884. The molecule has 2 aromatic heterocycles. The standard InChI is InChI=1S/C24H23F3N6O2/c1-14(21-19(12-28)30-33-31-21)10-18(24(25,26)27)11-15(2)34-13-20-29-22(32-35-20)16-6-8-17(9-7-16)23(3,4)5/h6-11H,1,13H2,2-5H3,(H,30,31,33)/b15-11+,18-10+. The van der Waals surface area contributed by atoms with E-state index in [2.05, 4.69) is 52.9 Å². The Bertz CT molecular complexity index is 1300. The Morgan fingerprint density at radius 1 is 1.20 bits per heavy atom. The number of rotatable bonds is 7. The van der Waals surface area contributed by atoms with Gasteiger partial charge in [-0.3, -0.25) is 0 Å². The Morgan fingerprint density at radius 2 is 1.89 bits per heavy atom. The summed E-state index contributed by atoms with van der Waals surface area (Å²) < 4.78 is 51.2. The van der Waals surface area contributed by atoms with Crippen LogP contribution in [-0.4, -0.2) is 31.7 Å². The average molecular weight is 484 g/mol. The van der Waals surface area contributed by atoms with Crippen molar-refractivity contribution in [3.05, 3.63) is 77.2 Å². The van der Waals surface area contributed by atoms with E-state index in [0.29, 0.717) is 5.82 Å². The highest BCUT2D eigenvalue weighted by atomic mass is 19.4. The minimum absolute atomic E-state index is 0.00175. The Hall–Kier alpha value is -4.20. The summed E-state index contributed by atoms with van der Waals surface area (Å²) in [5.74, 6) is 0.408. The van der Waals surface area contributed by atoms with Gasteiger partial charge in [0.1, 0.15) is 11.8 Å². The molecule has 0 amide bonds. The highest BCUT2D eigenvalue weighted by molar-refractivity contribution is 5.73. The fraction of sp³-hybridized carbons (Fsp3) is 0.292. The predicted octanol–water partition coefficient (Wildman–Crippen LogP) is 5.65. The summed E-state index contributed by atoms with van der Waals surface area (Å²) in [5.41, 5.74) is 0.549. The summed E-state index contributed by atoms with van der Waals surface area (Å²) in [6, 6.07) is 9.46. The maximum absolute atomic E-state index is 13.6. The Kier molecular flexibility index (Phi) is 7.24. The molecule has 0 radical (unpaired) electrons. The minimum atomic E-state index is -4.71. The molecule has 0 spiro atoms. The molecular weight excluding hydrogens is 461 g/mol. The molecule has 0 bridgehead atoms. The highest BCUT2D eigenvalue weighted by Gasteiger charge is 2.33. The van der Waals surface area contributed by atoms with E-state index in [1.165, 1.54) is 6.92 Å². The summed E-state index contributed by atoms with van der Waals surface area (Å²) in [6.07, 6.45) is -3.14. The van der Waals surface area contributed by atoms with E-state index in [1.54, 1.807) is 6.07 Å². The van der Waals surface area contributed by atoms with Crippen molar-refractivity contribution in [1.82, 2.24) is 25.6 Å². The molecule has 0 unspecified atom stereocenters. The molecule has 3 rings (SSSR count). The van der Waals surface area contributed by atoms with Crippen LogP contribution in [0.25, 0.3) is 17.0 Å². The number of nitrogens with one attached hydrogen (secondary N) is 1. The molecule has 0 fully saturated rings. The van der Waals surface area contributed by atoms with Crippen molar-refractivity contribution in [2.24, 2.45) is 0 Å². The third kappa shape index (κ3) is 6.44. The van der Waals surface area contributed by atoms with Crippen LogP contribution in [0.15, 0.2) is 58.9 Å². The number of hydrogen-bond acceptors (Lipinski definition) is 7. The lowest BCUT2D eigenvalue weighted by Crippen LogP contribution is -2.11. The van der Waals surface area contributed by atoms with Crippen LogP contribution in [0, 0.1) is 11.3 Å². The van der Waals surface area contributed by atoms with E-state index in [0.717, 1.165) is 23.3 Å². The number of H-pyrrole nitrogens is 1. The third-order valence-corrected chi connectivity index (χ3v) is 4.88. The molecule has 182 valence electrons. The van der Waals surface area contributed by atoms with Crippen LogP contribution in [0.5, 0.6) is 0 Å². The second kappa shape index (κ2) is 9.97. The van der Waals surface area contributed by atoms with E-state index in [9.17, 15) is 13.2 Å². The number of nitriles is 1. The van der Waals surface area contributed by atoms with Gasteiger partial charge in [-0.15, -0.1) is 5.10 Å². The van der Waals surface area contributed by atoms with Gasteiger partial charge < -0.3 is 9.26 Å². The van der Waals surface area contributed by atoms with Gasteiger partial charge in [-0.2, -0.15) is 23.4 Å². The molecule has 0 aliphatic rings. The molecule has 0 saturated carbocycles. The Morgan fingerprint density at radius 3 is 2.49 bits per heavy atom. The van der Waals surface area contributed by atoms with Gasteiger partial charge in [0.05, 0.1) is 11.3 Å². The molecule has 1 N–H and O–H groups in total. The van der Waals surface area contributed by atoms with Crippen molar-refractivity contribution in [3.63, 3.8) is 0 Å². The molecule has 2 heterocycles. The van der Waals surface area contributed by atoms with Crippen LogP contribution in [0.1, 0.15) is 50.5 Å². The van der Waals surface area contributed by atoms with Crippen molar-refractivity contribution in [3.8, 4) is 17.5 Å². The number of alkyl halides is 3. The fourth-order valence-electron chi connectivity index (χ4n) is 2.98. The fourth-order valence-corrected chi connectivity index (χ4v) is 2.98. The first-order valence-corrected chi connectivity index (χ1v) is 10.4. The molecule has 8 nitrogen and oxygen atoms in total. The van der Waals surface area contributed by atoms with Crippen LogP contribution in [-0.2, 0) is 16.8 Å². The van der Waals surface area contributed by atoms with E-state index >= 15 is 0 Å². The SMILES string of the molecule is C=C(/C=C(\C=C(/C)OCc1nc(-c2ccc(C(C)(C)C)cc2)no1)C(F)(F)F)c1nn[nH]c1C#N. The lowest BCUT2D eigenvalue weighted by Gasteiger charge is -2.18. The number of halogens is 3. The average Bonchev–Trinajstić information content (AvgIpc) is 3.45.